The van der Waals surface area contributed by atoms with E-state index in [4.69, 9.17) is 9.15 Å². The second kappa shape index (κ2) is 7.14. The summed E-state index contributed by atoms with van der Waals surface area (Å²) in [4.78, 5) is 23.4. The summed E-state index contributed by atoms with van der Waals surface area (Å²) in [5.41, 5.74) is 0.500. The number of hydrogen-bond acceptors (Lipinski definition) is 4. The van der Waals surface area contributed by atoms with Crippen LogP contribution < -0.4 is 15.4 Å². The van der Waals surface area contributed by atoms with Crippen molar-refractivity contribution in [3.63, 3.8) is 0 Å². The van der Waals surface area contributed by atoms with Crippen molar-refractivity contribution in [1.29, 1.82) is 0 Å². The van der Waals surface area contributed by atoms with Gasteiger partial charge in [-0.15, -0.1) is 0 Å². The molecule has 1 heterocycles. The number of anilines is 1. The summed E-state index contributed by atoms with van der Waals surface area (Å²) in [5.74, 6) is -0.0541. The largest absolute Gasteiger partial charge is 0.497 e. The fraction of sp³-hybridized carbons (Fsp3) is 0.200. The first kappa shape index (κ1) is 14.6. The van der Waals surface area contributed by atoms with E-state index in [1.807, 2.05) is 6.07 Å². The zero-order valence-electron chi connectivity index (χ0n) is 11.6. The molecular formula is C15H16N2O4. The molecule has 0 unspecified atom stereocenters. The lowest BCUT2D eigenvalue weighted by molar-refractivity contribution is -0.136. The van der Waals surface area contributed by atoms with E-state index in [9.17, 15) is 9.59 Å². The van der Waals surface area contributed by atoms with Gasteiger partial charge < -0.3 is 19.8 Å². The Kier molecular flexibility index (Phi) is 4.98. The fourth-order valence-electron chi connectivity index (χ4n) is 1.72. The van der Waals surface area contributed by atoms with Crippen LogP contribution in [0.15, 0.2) is 47.1 Å². The normalized spacial score (nSPS) is 9.95. The van der Waals surface area contributed by atoms with Crippen molar-refractivity contribution in [2.45, 2.75) is 6.42 Å². The molecule has 1 aromatic heterocycles. The number of ether oxygens (including phenoxy) is 1. The molecule has 0 atom stereocenters. The Bertz CT molecular complexity index is 608. The molecule has 21 heavy (non-hydrogen) atoms. The Morgan fingerprint density at radius 3 is 2.76 bits per heavy atom. The monoisotopic (exact) mass is 288 g/mol. The molecule has 6 heteroatoms. The maximum absolute atomic E-state index is 11.7. The smallest absolute Gasteiger partial charge is 0.313 e. The highest BCUT2D eigenvalue weighted by molar-refractivity contribution is 6.39. The minimum atomic E-state index is -0.720. The van der Waals surface area contributed by atoms with Gasteiger partial charge in [0.25, 0.3) is 0 Å². The SMILES string of the molecule is COc1cccc(NC(=O)C(=O)NCCc2ccco2)c1. The molecular weight excluding hydrogens is 272 g/mol. The zero-order valence-corrected chi connectivity index (χ0v) is 11.6. The van der Waals surface area contributed by atoms with Crippen molar-refractivity contribution in [1.82, 2.24) is 5.32 Å². The summed E-state index contributed by atoms with van der Waals surface area (Å²) in [6, 6.07) is 10.4. The molecule has 1 aromatic carbocycles. The van der Waals surface area contributed by atoms with Crippen molar-refractivity contribution in [3.8, 4) is 5.75 Å². The minimum absolute atomic E-state index is 0.331. The second-order valence-electron chi connectivity index (χ2n) is 4.27. The number of hydrogen-bond donors (Lipinski definition) is 2. The van der Waals surface area contributed by atoms with E-state index in [0.29, 0.717) is 24.4 Å². The second-order valence-corrected chi connectivity index (χ2v) is 4.27. The van der Waals surface area contributed by atoms with Gasteiger partial charge in [-0.3, -0.25) is 9.59 Å². The van der Waals surface area contributed by atoms with Gasteiger partial charge in [0.2, 0.25) is 0 Å². The van der Waals surface area contributed by atoms with E-state index >= 15 is 0 Å². The molecule has 0 spiro atoms. The van der Waals surface area contributed by atoms with Crippen LogP contribution in [-0.2, 0) is 16.0 Å². The molecule has 0 bridgehead atoms. The van der Waals surface area contributed by atoms with Gasteiger partial charge in [-0.2, -0.15) is 0 Å². The van der Waals surface area contributed by atoms with Gasteiger partial charge in [-0.05, 0) is 24.3 Å². The van der Waals surface area contributed by atoms with Crippen molar-refractivity contribution in [3.05, 3.63) is 48.4 Å². The third kappa shape index (κ3) is 4.38. The summed E-state index contributed by atoms with van der Waals surface area (Å²) in [7, 11) is 1.53. The van der Waals surface area contributed by atoms with Gasteiger partial charge in [0.05, 0.1) is 13.4 Å². The molecule has 2 aromatic rings. The summed E-state index contributed by atoms with van der Waals surface area (Å²) in [6.07, 6.45) is 2.10. The van der Waals surface area contributed by atoms with Crippen molar-refractivity contribution < 1.29 is 18.7 Å². The van der Waals surface area contributed by atoms with Crippen LogP contribution in [-0.4, -0.2) is 25.5 Å². The van der Waals surface area contributed by atoms with Gasteiger partial charge in [0.15, 0.2) is 0 Å². The van der Waals surface area contributed by atoms with E-state index < -0.39 is 11.8 Å². The molecule has 0 fully saturated rings. The first-order chi connectivity index (χ1) is 10.2. The summed E-state index contributed by atoms with van der Waals surface area (Å²) >= 11 is 0. The number of nitrogens with one attached hydrogen (secondary N) is 2. The standard InChI is InChI=1S/C15H16N2O4/c1-20-13-5-2-4-11(10-13)17-15(19)14(18)16-8-7-12-6-3-9-21-12/h2-6,9-10H,7-8H2,1H3,(H,16,18)(H,17,19). The predicted octanol–water partition coefficient (Wildman–Crippen LogP) is 1.59. The molecule has 0 aliphatic carbocycles. The molecule has 0 aliphatic heterocycles. The van der Waals surface area contributed by atoms with E-state index in [1.165, 1.54) is 7.11 Å². The maximum atomic E-state index is 11.7. The lowest BCUT2D eigenvalue weighted by atomic mass is 10.3. The van der Waals surface area contributed by atoms with E-state index in [1.54, 1.807) is 36.6 Å². The average Bonchev–Trinajstić information content (AvgIpc) is 3.00. The number of carbonyl (C=O) groups excluding carboxylic acids is 2. The summed E-state index contributed by atoms with van der Waals surface area (Å²) in [5, 5.41) is 5.03. The maximum Gasteiger partial charge on any atom is 0.313 e. The van der Waals surface area contributed by atoms with Crippen LogP contribution in [0.3, 0.4) is 0 Å². The van der Waals surface area contributed by atoms with Crippen molar-refractivity contribution in [2.24, 2.45) is 0 Å². The third-order valence-electron chi connectivity index (χ3n) is 2.77. The molecule has 6 nitrogen and oxygen atoms in total. The Morgan fingerprint density at radius 1 is 1.19 bits per heavy atom. The van der Waals surface area contributed by atoms with E-state index in [2.05, 4.69) is 10.6 Å². The third-order valence-corrected chi connectivity index (χ3v) is 2.77. The number of carbonyl (C=O) groups is 2. The predicted molar refractivity (Wildman–Crippen MR) is 77.0 cm³/mol. The van der Waals surface area contributed by atoms with Crippen LogP contribution in [0.5, 0.6) is 5.75 Å². The fourth-order valence-corrected chi connectivity index (χ4v) is 1.72. The van der Waals surface area contributed by atoms with Crippen molar-refractivity contribution in [2.75, 3.05) is 19.0 Å². The average molecular weight is 288 g/mol. The molecule has 2 N–H and O–H groups in total. The van der Waals surface area contributed by atoms with Crippen LogP contribution in [0.25, 0.3) is 0 Å². The van der Waals surface area contributed by atoms with Gasteiger partial charge in [-0.25, -0.2) is 0 Å². The molecule has 2 rings (SSSR count). The summed E-state index contributed by atoms with van der Waals surface area (Å²) in [6.45, 7) is 0.331. The van der Waals surface area contributed by atoms with Crippen molar-refractivity contribution >= 4 is 17.5 Å². The van der Waals surface area contributed by atoms with Crippen LogP contribution in [0.2, 0.25) is 0 Å². The molecule has 0 radical (unpaired) electrons. The van der Waals surface area contributed by atoms with E-state index in [0.717, 1.165) is 5.76 Å². The highest BCUT2D eigenvalue weighted by atomic mass is 16.5. The summed E-state index contributed by atoms with van der Waals surface area (Å²) < 4.78 is 10.2. The molecule has 0 aliphatic rings. The number of amides is 2. The van der Waals surface area contributed by atoms with Crippen LogP contribution in [0.1, 0.15) is 5.76 Å². The number of methoxy groups -OCH3 is 1. The highest BCUT2D eigenvalue weighted by Crippen LogP contribution is 2.16. The Balaban J connectivity index is 1.80. The molecule has 0 saturated heterocycles. The Hall–Kier alpha value is -2.76. The van der Waals surface area contributed by atoms with Gasteiger partial charge in [0.1, 0.15) is 11.5 Å². The van der Waals surface area contributed by atoms with Crippen LogP contribution in [0, 0.1) is 0 Å². The number of rotatable bonds is 5. The Labute approximate surface area is 122 Å². The van der Waals surface area contributed by atoms with Crippen LogP contribution >= 0.6 is 0 Å². The van der Waals surface area contributed by atoms with Gasteiger partial charge >= 0.3 is 11.8 Å². The lowest BCUT2D eigenvalue weighted by Crippen LogP contribution is -2.36. The molecule has 0 saturated carbocycles. The highest BCUT2D eigenvalue weighted by Gasteiger charge is 2.13. The number of furan rings is 1. The first-order valence-corrected chi connectivity index (χ1v) is 6.44. The van der Waals surface area contributed by atoms with E-state index in [-0.39, 0.29) is 0 Å². The number of benzene rings is 1. The lowest BCUT2D eigenvalue weighted by Gasteiger charge is -2.07. The topological polar surface area (TPSA) is 80.6 Å². The first-order valence-electron chi connectivity index (χ1n) is 6.44. The van der Waals surface area contributed by atoms with Gasteiger partial charge in [0, 0.05) is 24.7 Å². The Morgan fingerprint density at radius 2 is 2.05 bits per heavy atom. The zero-order chi connectivity index (χ0) is 15.1. The minimum Gasteiger partial charge on any atom is -0.497 e. The quantitative estimate of drug-likeness (QED) is 0.819. The molecule has 110 valence electrons. The van der Waals surface area contributed by atoms with Gasteiger partial charge in [-0.1, -0.05) is 6.07 Å². The molecule has 2 amide bonds. The van der Waals surface area contributed by atoms with Crippen LogP contribution in [0.4, 0.5) is 5.69 Å².